The van der Waals surface area contributed by atoms with Crippen LogP contribution in [0, 0.1) is 0 Å². The molecule has 3 amide bonds. The van der Waals surface area contributed by atoms with Gasteiger partial charge in [0.25, 0.3) is 5.91 Å². The fourth-order valence-electron chi connectivity index (χ4n) is 4.25. The molecule has 1 atom stereocenters. The van der Waals surface area contributed by atoms with Crippen molar-refractivity contribution in [3.63, 3.8) is 0 Å². The number of likely N-dealkylation sites (tertiary alicyclic amines) is 1. The summed E-state index contributed by atoms with van der Waals surface area (Å²) in [7, 11) is 1.60. The average molecular weight is 425 g/mol. The predicted octanol–water partition coefficient (Wildman–Crippen LogP) is 1.55. The lowest BCUT2D eigenvalue weighted by molar-refractivity contribution is -0.131. The molecule has 0 saturated carbocycles. The minimum Gasteiger partial charge on any atom is -0.378 e. The minimum absolute atomic E-state index is 0.00412. The van der Waals surface area contributed by atoms with Gasteiger partial charge in [0, 0.05) is 57.8 Å². The van der Waals surface area contributed by atoms with Gasteiger partial charge < -0.3 is 19.4 Å². The van der Waals surface area contributed by atoms with E-state index in [1.165, 1.54) is 4.90 Å². The first-order valence-corrected chi connectivity index (χ1v) is 10.8. The van der Waals surface area contributed by atoms with Gasteiger partial charge in [0.15, 0.2) is 0 Å². The zero-order valence-corrected chi connectivity index (χ0v) is 17.8. The van der Waals surface area contributed by atoms with Crippen LogP contribution in [0.2, 0.25) is 0 Å². The number of carbonyl (C=O) groups excluding carboxylic acids is 3. The summed E-state index contributed by atoms with van der Waals surface area (Å²) in [6.07, 6.45) is 3.65. The molecule has 2 aromatic rings. The number of carbonyl (C=O) groups is 3. The van der Waals surface area contributed by atoms with E-state index in [-0.39, 0.29) is 30.4 Å². The van der Waals surface area contributed by atoms with Crippen molar-refractivity contribution in [2.45, 2.75) is 25.4 Å². The zero-order valence-electron chi connectivity index (χ0n) is 17.8. The van der Waals surface area contributed by atoms with Gasteiger partial charge in [0.2, 0.25) is 11.8 Å². The molecule has 0 spiro atoms. The van der Waals surface area contributed by atoms with Gasteiger partial charge in [-0.3, -0.25) is 19.4 Å². The summed E-state index contributed by atoms with van der Waals surface area (Å²) in [5.74, 6) is -0.191. The third-order valence-electron chi connectivity index (χ3n) is 6.02. The maximum absolute atomic E-state index is 13.1. The van der Waals surface area contributed by atoms with Gasteiger partial charge in [-0.1, -0.05) is 24.3 Å². The second-order valence-corrected chi connectivity index (χ2v) is 8.14. The number of aromatic nitrogens is 1. The molecule has 4 rings (SSSR count). The summed E-state index contributed by atoms with van der Waals surface area (Å²) in [6, 6.07) is 9.49. The molecule has 2 aliphatic heterocycles. The summed E-state index contributed by atoms with van der Waals surface area (Å²) in [5.41, 5.74) is 0.322. The van der Waals surface area contributed by atoms with Crippen LogP contribution in [0.1, 0.15) is 29.8 Å². The van der Waals surface area contributed by atoms with E-state index < -0.39 is 0 Å². The van der Waals surface area contributed by atoms with Crippen LogP contribution in [0.3, 0.4) is 0 Å². The highest BCUT2D eigenvalue weighted by Gasteiger charge is 2.31. The molecular weight excluding hydrogens is 396 g/mol. The third-order valence-corrected chi connectivity index (χ3v) is 6.02. The van der Waals surface area contributed by atoms with Crippen LogP contribution in [0.5, 0.6) is 0 Å². The van der Waals surface area contributed by atoms with Crippen molar-refractivity contribution < 1.29 is 19.1 Å². The van der Waals surface area contributed by atoms with E-state index in [0.29, 0.717) is 44.7 Å². The smallest absolute Gasteiger partial charge is 0.273 e. The lowest BCUT2D eigenvalue weighted by Crippen LogP contribution is -2.40. The number of pyridine rings is 1. The normalized spacial score (nSPS) is 19.9. The van der Waals surface area contributed by atoms with E-state index in [1.54, 1.807) is 24.3 Å². The van der Waals surface area contributed by atoms with Crippen molar-refractivity contribution in [3.05, 3.63) is 42.2 Å². The number of amides is 3. The maximum Gasteiger partial charge on any atom is 0.273 e. The van der Waals surface area contributed by atoms with E-state index in [9.17, 15) is 14.4 Å². The monoisotopic (exact) mass is 424 g/mol. The van der Waals surface area contributed by atoms with Crippen LogP contribution in [0.25, 0.3) is 10.8 Å². The molecule has 164 valence electrons. The molecule has 1 unspecified atom stereocenters. The van der Waals surface area contributed by atoms with Crippen LogP contribution in [-0.4, -0.2) is 89.9 Å². The fourth-order valence-corrected chi connectivity index (χ4v) is 4.25. The van der Waals surface area contributed by atoms with Crippen molar-refractivity contribution >= 4 is 28.5 Å². The van der Waals surface area contributed by atoms with Gasteiger partial charge in [-0.2, -0.15) is 0 Å². The van der Waals surface area contributed by atoms with E-state index in [0.717, 1.165) is 23.7 Å². The van der Waals surface area contributed by atoms with Gasteiger partial charge in [-0.05, 0) is 24.3 Å². The first-order valence-electron chi connectivity index (χ1n) is 10.8. The second-order valence-electron chi connectivity index (χ2n) is 8.14. The highest BCUT2D eigenvalue weighted by Crippen LogP contribution is 2.17. The van der Waals surface area contributed by atoms with Crippen molar-refractivity contribution in [1.29, 1.82) is 0 Å². The number of benzene rings is 1. The lowest BCUT2D eigenvalue weighted by atomic mass is 10.1. The molecule has 3 heterocycles. The number of fused-ring (bicyclic) bond motifs is 1. The second kappa shape index (κ2) is 9.43. The highest BCUT2D eigenvalue weighted by molar-refractivity contribution is 5.98. The SMILES string of the molecule is COC1CN(CCCN2CCCC2=O)C(=O)CN(C(=O)c2cc3ccccc3cn2)C1. The van der Waals surface area contributed by atoms with Gasteiger partial charge in [-0.15, -0.1) is 0 Å². The predicted molar refractivity (Wildman–Crippen MR) is 115 cm³/mol. The molecule has 0 aliphatic carbocycles. The highest BCUT2D eigenvalue weighted by atomic mass is 16.5. The molecule has 0 N–H and O–H groups in total. The van der Waals surface area contributed by atoms with Gasteiger partial charge >= 0.3 is 0 Å². The maximum atomic E-state index is 13.1. The summed E-state index contributed by atoms with van der Waals surface area (Å²) in [5, 5.41) is 1.90. The van der Waals surface area contributed by atoms with Crippen molar-refractivity contribution in [2.24, 2.45) is 0 Å². The molecule has 8 nitrogen and oxygen atoms in total. The molecule has 2 saturated heterocycles. The Kier molecular flexibility index (Phi) is 6.46. The number of hydrogen-bond acceptors (Lipinski definition) is 5. The van der Waals surface area contributed by atoms with Crippen LogP contribution in [0.4, 0.5) is 0 Å². The van der Waals surface area contributed by atoms with Crippen molar-refractivity contribution in [1.82, 2.24) is 19.7 Å². The van der Waals surface area contributed by atoms with Crippen LogP contribution < -0.4 is 0 Å². The molecule has 2 fully saturated rings. The fraction of sp³-hybridized carbons (Fsp3) is 0.478. The lowest BCUT2D eigenvalue weighted by Gasteiger charge is -2.24. The average Bonchev–Trinajstić information content (AvgIpc) is 3.12. The quantitative estimate of drug-likeness (QED) is 0.703. The largest absolute Gasteiger partial charge is 0.378 e. The van der Waals surface area contributed by atoms with Crippen LogP contribution in [-0.2, 0) is 14.3 Å². The molecule has 0 radical (unpaired) electrons. The molecule has 8 heteroatoms. The zero-order chi connectivity index (χ0) is 21.8. The molecule has 2 aliphatic rings. The van der Waals surface area contributed by atoms with Crippen molar-refractivity contribution in [3.8, 4) is 0 Å². The summed E-state index contributed by atoms with van der Waals surface area (Å²) in [6.45, 7) is 2.75. The number of methoxy groups -OCH3 is 1. The van der Waals surface area contributed by atoms with Crippen molar-refractivity contribution in [2.75, 3.05) is 46.4 Å². The van der Waals surface area contributed by atoms with Crippen LogP contribution >= 0.6 is 0 Å². The molecule has 31 heavy (non-hydrogen) atoms. The molecule has 0 bridgehead atoms. The van der Waals surface area contributed by atoms with Gasteiger partial charge in [0.1, 0.15) is 12.2 Å². The van der Waals surface area contributed by atoms with Gasteiger partial charge in [-0.25, -0.2) is 0 Å². The third kappa shape index (κ3) is 4.85. The minimum atomic E-state index is -0.274. The number of nitrogens with zero attached hydrogens (tertiary/aromatic N) is 4. The summed E-state index contributed by atoms with van der Waals surface area (Å²) < 4.78 is 5.56. The number of hydrogen-bond donors (Lipinski definition) is 0. The Morgan fingerprint density at radius 3 is 2.61 bits per heavy atom. The standard InChI is InChI=1S/C23H28N4O4/c1-31-19-14-26(11-5-10-25-9-4-8-21(25)28)22(29)16-27(15-19)23(30)20-12-17-6-2-3-7-18(17)13-24-20/h2-3,6-7,12-13,19H,4-5,8-11,14-16H2,1H3. The van der Waals surface area contributed by atoms with E-state index in [2.05, 4.69) is 4.98 Å². The summed E-state index contributed by atoms with van der Waals surface area (Å²) >= 11 is 0. The Balaban J connectivity index is 1.42. The Labute approximate surface area is 181 Å². The number of ether oxygens (including phenoxy) is 1. The number of rotatable bonds is 6. The Hall–Kier alpha value is -3.00. The Bertz CT molecular complexity index is 979. The first kappa shape index (κ1) is 21.2. The summed E-state index contributed by atoms with van der Waals surface area (Å²) in [4.78, 5) is 47.3. The van der Waals surface area contributed by atoms with E-state index in [4.69, 9.17) is 4.74 Å². The van der Waals surface area contributed by atoms with E-state index >= 15 is 0 Å². The van der Waals surface area contributed by atoms with Gasteiger partial charge in [0.05, 0.1) is 6.10 Å². The Morgan fingerprint density at radius 1 is 1.10 bits per heavy atom. The first-order chi connectivity index (χ1) is 15.0. The molecule has 1 aromatic carbocycles. The molecule has 1 aromatic heterocycles. The van der Waals surface area contributed by atoms with E-state index in [1.807, 2.05) is 29.2 Å². The molecular formula is C23H28N4O4. The Morgan fingerprint density at radius 2 is 1.87 bits per heavy atom. The topological polar surface area (TPSA) is 83.0 Å². The van der Waals surface area contributed by atoms with Crippen LogP contribution in [0.15, 0.2) is 36.5 Å².